The number of methoxy groups -OCH3 is 1. The standard InChI is InChI=1S/C15H12O5/c1-19-14-7-4-10(15(17)18)9-12(14)13(16)6-5-11-3-2-8-20-11/h2-9H,1H3,(H,17,18)/b6-5+. The van der Waals surface area contributed by atoms with Gasteiger partial charge in [-0.1, -0.05) is 0 Å². The van der Waals surface area contributed by atoms with Gasteiger partial charge >= 0.3 is 5.97 Å². The van der Waals surface area contributed by atoms with Crippen molar-refractivity contribution in [2.45, 2.75) is 0 Å². The van der Waals surface area contributed by atoms with Gasteiger partial charge in [0.25, 0.3) is 0 Å². The van der Waals surface area contributed by atoms with Crippen LogP contribution >= 0.6 is 0 Å². The Labute approximate surface area is 115 Å². The van der Waals surface area contributed by atoms with Gasteiger partial charge in [-0.15, -0.1) is 0 Å². The van der Waals surface area contributed by atoms with Gasteiger partial charge in [0.05, 0.1) is 24.5 Å². The maximum atomic E-state index is 12.1. The zero-order valence-electron chi connectivity index (χ0n) is 10.7. The molecule has 0 unspecified atom stereocenters. The van der Waals surface area contributed by atoms with E-state index < -0.39 is 5.97 Å². The zero-order valence-corrected chi connectivity index (χ0v) is 10.7. The molecule has 1 aromatic heterocycles. The Balaban J connectivity index is 2.32. The molecular formula is C15H12O5. The van der Waals surface area contributed by atoms with Crippen molar-refractivity contribution >= 4 is 17.8 Å². The fraction of sp³-hybridized carbons (Fsp3) is 0.0667. The monoisotopic (exact) mass is 272 g/mol. The predicted molar refractivity (Wildman–Crippen MR) is 72.0 cm³/mol. The molecule has 5 heteroatoms. The molecule has 5 nitrogen and oxygen atoms in total. The summed E-state index contributed by atoms with van der Waals surface area (Å²) in [6.45, 7) is 0. The number of aromatic carboxylic acids is 1. The maximum absolute atomic E-state index is 12.1. The van der Waals surface area contributed by atoms with E-state index in [-0.39, 0.29) is 16.9 Å². The van der Waals surface area contributed by atoms with E-state index in [1.807, 2.05) is 0 Å². The lowest BCUT2D eigenvalue weighted by atomic mass is 10.1. The number of benzene rings is 1. The molecule has 102 valence electrons. The largest absolute Gasteiger partial charge is 0.496 e. The van der Waals surface area contributed by atoms with Gasteiger partial charge in [-0.25, -0.2) is 4.79 Å². The first-order valence-electron chi connectivity index (χ1n) is 5.79. The number of ether oxygens (including phenoxy) is 1. The van der Waals surface area contributed by atoms with Crippen molar-refractivity contribution in [2.75, 3.05) is 7.11 Å². The van der Waals surface area contributed by atoms with Crippen LogP contribution in [0.3, 0.4) is 0 Å². The van der Waals surface area contributed by atoms with Crippen LogP contribution in [0.2, 0.25) is 0 Å². The second-order valence-corrected chi connectivity index (χ2v) is 3.93. The molecule has 1 N–H and O–H groups in total. The summed E-state index contributed by atoms with van der Waals surface area (Å²) in [5.74, 6) is -0.603. The van der Waals surface area contributed by atoms with E-state index in [0.29, 0.717) is 11.5 Å². The van der Waals surface area contributed by atoms with Crippen molar-refractivity contribution in [3.63, 3.8) is 0 Å². The Morgan fingerprint density at radius 2 is 2.10 bits per heavy atom. The fourth-order valence-corrected chi connectivity index (χ4v) is 1.67. The van der Waals surface area contributed by atoms with Crippen molar-refractivity contribution in [3.05, 3.63) is 59.6 Å². The van der Waals surface area contributed by atoms with Gasteiger partial charge in [0.2, 0.25) is 0 Å². The normalized spacial score (nSPS) is 10.7. The summed E-state index contributed by atoms with van der Waals surface area (Å²) in [6.07, 6.45) is 4.31. The second-order valence-electron chi connectivity index (χ2n) is 3.93. The van der Waals surface area contributed by atoms with Gasteiger partial charge in [0.1, 0.15) is 11.5 Å². The quantitative estimate of drug-likeness (QED) is 0.669. The van der Waals surface area contributed by atoms with E-state index in [4.69, 9.17) is 14.3 Å². The summed E-state index contributed by atoms with van der Waals surface area (Å²) in [4.78, 5) is 23.0. The number of carboxylic acid groups (broad SMARTS) is 1. The summed E-state index contributed by atoms with van der Waals surface area (Å²) in [7, 11) is 1.42. The van der Waals surface area contributed by atoms with E-state index in [2.05, 4.69) is 0 Å². The Kier molecular flexibility index (Phi) is 4.00. The maximum Gasteiger partial charge on any atom is 0.335 e. The Bertz CT molecular complexity index is 653. The molecule has 0 radical (unpaired) electrons. The number of hydrogen-bond donors (Lipinski definition) is 1. The van der Waals surface area contributed by atoms with Crippen LogP contribution in [-0.4, -0.2) is 24.0 Å². The molecule has 0 saturated carbocycles. The van der Waals surface area contributed by atoms with Crippen molar-refractivity contribution in [2.24, 2.45) is 0 Å². The number of carbonyl (C=O) groups is 2. The molecule has 0 spiro atoms. The fourth-order valence-electron chi connectivity index (χ4n) is 1.67. The Hall–Kier alpha value is -2.82. The smallest absolute Gasteiger partial charge is 0.335 e. The third-order valence-corrected chi connectivity index (χ3v) is 2.65. The Morgan fingerprint density at radius 3 is 2.70 bits per heavy atom. The van der Waals surface area contributed by atoms with Gasteiger partial charge in [-0.05, 0) is 42.5 Å². The number of hydrogen-bond acceptors (Lipinski definition) is 4. The lowest BCUT2D eigenvalue weighted by molar-refractivity contribution is 0.0697. The summed E-state index contributed by atoms with van der Waals surface area (Å²) in [5, 5.41) is 8.95. The predicted octanol–water partition coefficient (Wildman–Crippen LogP) is 2.88. The molecule has 1 aromatic carbocycles. The lowest BCUT2D eigenvalue weighted by Crippen LogP contribution is -2.03. The molecule has 0 aliphatic carbocycles. The number of carbonyl (C=O) groups excluding carboxylic acids is 1. The van der Waals surface area contributed by atoms with E-state index >= 15 is 0 Å². The highest BCUT2D eigenvalue weighted by atomic mass is 16.5. The van der Waals surface area contributed by atoms with Gasteiger partial charge in [0.15, 0.2) is 5.78 Å². The Morgan fingerprint density at radius 1 is 1.30 bits per heavy atom. The zero-order chi connectivity index (χ0) is 14.5. The van der Waals surface area contributed by atoms with Gasteiger partial charge in [0, 0.05) is 0 Å². The van der Waals surface area contributed by atoms with Gasteiger partial charge in [-0.3, -0.25) is 4.79 Å². The average molecular weight is 272 g/mol. The van der Waals surface area contributed by atoms with Crippen molar-refractivity contribution in [1.29, 1.82) is 0 Å². The average Bonchev–Trinajstić information content (AvgIpc) is 2.97. The van der Waals surface area contributed by atoms with Crippen LogP contribution in [0.25, 0.3) is 6.08 Å². The van der Waals surface area contributed by atoms with Gasteiger partial charge < -0.3 is 14.3 Å². The third-order valence-electron chi connectivity index (χ3n) is 2.65. The molecule has 0 bridgehead atoms. The third kappa shape index (κ3) is 2.95. The molecule has 0 amide bonds. The highest BCUT2D eigenvalue weighted by molar-refractivity contribution is 6.09. The van der Waals surface area contributed by atoms with E-state index in [0.717, 1.165) is 0 Å². The van der Waals surface area contributed by atoms with Gasteiger partial charge in [-0.2, -0.15) is 0 Å². The molecule has 1 heterocycles. The summed E-state index contributed by atoms with van der Waals surface area (Å²) in [5.41, 5.74) is 0.218. The molecule has 0 aliphatic rings. The first-order chi connectivity index (χ1) is 9.61. The highest BCUT2D eigenvalue weighted by Gasteiger charge is 2.13. The van der Waals surface area contributed by atoms with Crippen LogP contribution in [-0.2, 0) is 0 Å². The van der Waals surface area contributed by atoms with Crippen LogP contribution in [0.1, 0.15) is 26.5 Å². The summed E-state index contributed by atoms with van der Waals surface area (Å²) < 4.78 is 10.1. The number of furan rings is 1. The number of ketones is 1. The summed E-state index contributed by atoms with van der Waals surface area (Å²) >= 11 is 0. The van der Waals surface area contributed by atoms with E-state index in [9.17, 15) is 9.59 Å². The molecule has 0 atom stereocenters. The van der Waals surface area contributed by atoms with E-state index in [1.165, 1.54) is 43.7 Å². The van der Waals surface area contributed by atoms with Crippen molar-refractivity contribution in [3.8, 4) is 5.75 Å². The van der Waals surface area contributed by atoms with Crippen LogP contribution in [0.5, 0.6) is 5.75 Å². The molecule has 0 fully saturated rings. The lowest BCUT2D eigenvalue weighted by Gasteiger charge is -2.06. The first-order valence-corrected chi connectivity index (χ1v) is 5.79. The minimum Gasteiger partial charge on any atom is -0.496 e. The SMILES string of the molecule is COc1ccc(C(=O)O)cc1C(=O)/C=C/c1ccco1. The highest BCUT2D eigenvalue weighted by Crippen LogP contribution is 2.21. The second kappa shape index (κ2) is 5.88. The number of carboxylic acids is 1. The topological polar surface area (TPSA) is 76.7 Å². The summed E-state index contributed by atoms with van der Waals surface area (Å²) in [6, 6.07) is 7.53. The molecule has 2 aromatic rings. The minimum absolute atomic E-state index is 0.0283. The van der Waals surface area contributed by atoms with E-state index in [1.54, 1.807) is 12.1 Å². The van der Waals surface area contributed by atoms with Crippen LogP contribution in [0, 0.1) is 0 Å². The van der Waals surface area contributed by atoms with Crippen LogP contribution in [0.4, 0.5) is 0 Å². The molecule has 0 aliphatic heterocycles. The molecule has 0 saturated heterocycles. The molecule has 2 rings (SSSR count). The molecular weight excluding hydrogens is 260 g/mol. The van der Waals surface area contributed by atoms with Crippen LogP contribution < -0.4 is 4.74 Å². The van der Waals surface area contributed by atoms with Crippen molar-refractivity contribution < 1.29 is 23.8 Å². The molecule has 20 heavy (non-hydrogen) atoms. The number of rotatable bonds is 5. The van der Waals surface area contributed by atoms with Crippen LogP contribution in [0.15, 0.2) is 47.1 Å². The number of allylic oxidation sites excluding steroid dienone is 1. The minimum atomic E-state index is -1.10. The first kappa shape index (κ1) is 13.6. The van der Waals surface area contributed by atoms with Crippen molar-refractivity contribution in [1.82, 2.24) is 0 Å².